The summed E-state index contributed by atoms with van der Waals surface area (Å²) in [5.41, 5.74) is 4.06. The van der Waals surface area contributed by atoms with Crippen LogP contribution >= 0.6 is 0 Å². The van der Waals surface area contributed by atoms with Gasteiger partial charge in [0.1, 0.15) is 5.82 Å². The molecule has 0 aliphatic carbocycles. The van der Waals surface area contributed by atoms with Crippen LogP contribution in [0, 0.1) is 6.92 Å². The van der Waals surface area contributed by atoms with Gasteiger partial charge in [-0.3, -0.25) is 0 Å². The molecule has 0 saturated carbocycles. The Morgan fingerprint density at radius 3 is 2.79 bits per heavy atom. The summed E-state index contributed by atoms with van der Waals surface area (Å²) in [6.07, 6.45) is 4.84. The zero-order valence-electron chi connectivity index (χ0n) is 12.1. The van der Waals surface area contributed by atoms with E-state index in [1.807, 2.05) is 6.20 Å². The van der Waals surface area contributed by atoms with Crippen molar-refractivity contribution in [2.45, 2.75) is 40.3 Å². The Morgan fingerprint density at radius 1 is 1.21 bits per heavy atom. The number of aryl methyl sites for hydroxylation is 2. The summed E-state index contributed by atoms with van der Waals surface area (Å²) in [5, 5.41) is 3.41. The van der Waals surface area contributed by atoms with Crippen LogP contribution < -0.4 is 5.32 Å². The van der Waals surface area contributed by atoms with E-state index in [0.717, 1.165) is 31.9 Å². The monoisotopic (exact) mass is 257 g/mol. The van der Waals surface area contributed by atoms with E-state index in [-0.39, 0.29) is 0 Å². The van der Waals surface area contributed by atoms with E-state index in [2.05, 4.69) is 60.0 Å². The maximum Gasteiger partial charge on any atom is 0.113 e. The van der Waals surface area contributed by atoms with Gasteiger partial charge in [0.15, 0.2) is 0 Å². The van der Waals surface area contributed by atoms with Gasteiger partial charge >= 0.3 is 0 Å². The van der Waals surface area contributed by atoms with Gasteiger partial charge in [0.05, 0.1) is 0 Å². The molecular formula is C16H23N3. The Hall–Kier alpha value is -1.61. The van der Waals surface area contributed by atoms with Crippen molar-refractivity contribution in [3.8, 4) is 0 Å². The first-order chi connectivity index (χ1) is 9.24. The molecule has 3 nitrogen and oxygen atoms in total. The van der Waals surface area contributed by atoms with Gasteiger partial charge in [-0.1, -0.05) is 30.7 Å². The van der Waals surface area contributed by atoms with E-state index >= 15 is 0 Å². The van der Waals surface area contributed by atoms with Gasteiger partial charge in [-0.2, -0.15) is 0 Å². The first kappa shape index (κ1) is 13.8. The van der Waals surface area contributed by atoms with Crippen molar-refractivity contribution in [1.29, 1.82) is 0 Å². The molecule has 2 aromatic rings. The Bertz CT molecular complexity index is 529. The lowest BCUT2D eigenvalue weighted by atomic mass is 10.0. The number of nitrogens with zero attached hydrogens (tertiary/aromatic N) is 2. The normalized spacial score (nSPS) is 10.9. The van der Waals surface area contributed by atoms with Crippen LogP contribution in [0.4, 0.5) is 0 Å². The van der Waals surface area contributed by atoms with Gasteiger partial charge in [-0.05, 0) is 31.5 Å². The quantitative estimate of drug-likeness (QED) is 0.862. The van der Waals surface area contributed by atoms with Crippen LogP contribution in [0.25, 0.3) is 0 Å². The zero-order chi connectivity index (χ0) is 13.7. The van der Waals surface area contributed by atoms with Crippen LogP contribution in [0.15, 0.2) is 30.6 Å². The van der Waals surface area contributed by atoms with E-state index in [1.54, 1.807) is 0 Å². The molecule has 0 saturated heterocycles. The second-order valence-corrected chi connectivity index (χ2v) is 4.86. The van der Waals surface area contributed by atoms with E-state index in [4.69, 9.17) is 0 Å². The molecule has 0 unspecified atom stereocenters. The molecule has 0 bridgehead atoms. The van der Waals surface area contributed by atoms with Crippen molar-refractivity contribution in [2.24, 2.45) is 0 Å². The van der Waals surface area contributed by atoms with Gasteiger partial charge < -0.3 is 9.88 Å². The lowest BCUT2D eigenvalue weighted by Crippen LogP contribution is -2.14. The highest BCUT2D eigenvalue weighted by molar-refractivity contribution is 5.33. The molecule has 1 heterocycles. The molecule has 3 heteroatoms. The van der Waals surface area contributed by atoms with Gasteiger partial charge in [0.2, 0.25) is 0 Å². The fourth-order valence-corrected chi connectivity index (χ4v) is 2.32. The molecule has 102 valence electrons. The summed E-state index contributed by atoms with van der Waals surface area (Å²) >= 11 is 0. The number of aromatic nitrogens is 2. The molecule has 0 spiro atoms. The third kappa shape index (κ3) is 3.44. The predicted molar refractivity (Wildman–Crippen MR) is 79.3 cm³/mol. The average Bonchev–Trinajstić information content (AvgIpc) is 2.85. The number of rotatable bonds is 6. The smallest absolute Gasteiger partial charge is 0.113 e. The molecule has 0 fully saturated rings. The fraction of sp³-hybridized carbons (Fsp3) is 0.438. The van der Waals surface area contributed by atoms with Crippen molar-refractivity contribution < 1.29 is 0 Å². The molecular weight excluding hydrogens is 234 g/mol. The summed E-state index contributed by atoms with van der Waals surface area (Å²) in [7, 11) is 0. The minimum atomic E-state index is 0.906. The standard InChI is InChI=1S/C16H23N3/c1-4-17-12-14-7-6-13(3)10-15(14)11-16-18-8-9-19(16)5-2/h6-10,17H,4-5,11-12H2,1-3H3. The number of hydrogen-bond acceptors (Lipinski definition) is 2. The van der Waals surface area contributed by atoms with Gasteiger partial charge in [-0.25, -0.2) is 4.98 Å². The Kier molecular flexibility index (Phi) is 4.74. The summed E-state index contributed by atoms with van der Waals surface area (Å²) in [6.45, 7) is 9.34. The van der Waals surface area contributed by atoms with Crippen LogP contribution in [0.1, 0.15) is 36.4 Å². The minimum absolute atomic E-state index is 0.906. The lowest BCUT2D eigenvalue weighted by Gasteiger charge is -2.12. The number of imidazole rings is 1. The van der Waals surface area contributed by atoms with Gasteiger partial charge in [-0.15, -0.1) is 0 Å². The SMILES string of the molecule is CCNCc1ccc(C)cc1Cc1nccn1CC. The summed E-state index contributed by atoms with van der Waals surface area (Å²) in [5.74, 6) is 1.14. The molecule has 0 aliphatic heterocycles. The molecule has 0 atom stereocenters. The molecule has 0 amide bonds. The highest BCUT2D eigenvalue weighted by atomic mass is 15.0. The predicted octanol–water partition coefficient (Wildman–Crippen LogP) is 2.91. The van der Waals surface area contributed by atoms with Gasteiger partial charge in [0, 0.05) is 31.9 Å². The minimum Gasteiger partial charge on any atom is -0.335 e. The van der Waals surface area contributed by atoms with Crippen LogP contribution in [-0.4, -0.2) is 16.1 Å². The molecule has 0 aliphatic rings. The summed E-state index contributed by atoms with van der Waals surface area (Å²) in [4.78, 5) is 4.48. The van der Waals surface area contributed by atoms with Gasteiger partial charge in [0.25, 0.3) is 0 Å². The molecule has 1 aromatic heterocycles. The topological polar surface area (TPSA) is 29.9 Å². The maximum atomic E-state index is 4.48. The zero-order valence-corrected chi connectivity index (χ0v) is 12.1. The van der Waals surface area contributed by atoms with Crippen molar-refractivity contribution in [3.05, 3.63) is 53.1 Å². The van der Waals surface area contributed by atoms with Crippen molar-refractivity contribution in [2.75, 3.05) is 6.54 Å². The van der Waals surface area contributed by atoms with Crippen LogP contribution in [0.2, 0.25) is 0 Å². The Labute approximate surface area is 115 Å². The summed E-state index contributed by atoms with van der Waals surface area (Å²) in [6, 6.07) is 6.69. The average molecular weight is 257 g/mol. The molecule has 2 rings (SSSR count). The van der Waals surface area contributed by atoms with E-state index in [1.165, 1.54) is 16.7 Å². The van der Waals surface area contributed by atoms with Crippen molar-refractivity contribution in [1.82, 2.24) is 14.9 Å². The highest BCUT2D eigenvalue weighted by Gasteiger charge is 2.07. The second kappa shape index (κ2) is 6.53. The van der Waals surface area contributed by atoms with E-state index < -0.39 is 0 Å². The Balaban J connectivity index is 2.24. The molecule has 0 radical (unpaired) electrons. The van der Waals surface area contributed by atoms with Crippen molar-refractivity contribution >= 4 is 0 Å². The van der Waals surface area contributed by atoms with Crippen LogP contribution in [0.3, 0.4) is 0 Å². The van der Waals surface area contributed by atoms with E-state index in [9.17, 15) is 0 Å². The highest BCUT2D eigenvalue weighted by Crippen LogP contribution is 2.16. The third-order valence-electron chi connectivity index (χ3n) is 3.42. The Morgan fingerprint density at radius 2 is 2.05 bits per heavy atom. The van der Waals surface area contributed by atoms with E-state index in [0.29, 0.717) is 0 Å². The lowest BCUT2D eigenvalue weighted by molar-refractivity contribution is 0.699. The number of nitrogens with one attached hydrogen (secondary N) is 1. The maximum absolute atomic E-state index is 4.48. The first-order valence-corrected chi connectivity index (χ1v) is 7.03. The fourth-order valence-electron chi connectivity index (χ4n) is 2.32. The van der Waals surface area contributed by atoms with Crippen molar-refractivity contribution in [3.63, 3.8) is 0 Å². The molecule has 1 aromatic carbocycles. The second-order valence-electron chi connectivity index (χ2n) is 4.86. The molecule has 19 heavy (non-hydrogen) atoms. The number of benzene rings is 1. The summed E-state index contributed by atoms with van der Waals surface area (Å²) < 4.78 is 2.21. The number of hydrogen-bond donors (Lipinski definition) is 1. The van der Waals surface area contributed by atoms with Crippen LogP contribution in [0.5, 0.6) is 0 Å². The largest absolute Gasteiger partial charge is 0.335 e. The molecule has 1 N–H and O–H groups in total. The third-order valence-corrected chi connectivity index (χ3v) is 3.42. The first-order valence-electron chi connectivity index (χ1n) is 7.03. The van der Waals surface area contributed by atoms with Crippen LogP contribution in [-0.2, 0) is 19.5 Å².